The van der Waals surface area contributed by atoms with E-state index >= 15 is 0 Å². The average molecular weight is 253 g/mol. The van der Waals surface area contributed by atoms with E-state index in [-0.39, 0.29) is 17.2 Å². The summed E-state index contributed by atoms with van der Waals surface area (Å²) in [6.45, 7) is 11.2. The zero-order valence-electron chi connectivity index (χ0n) is 12.5. The van der Waals surface area contributed by atoms with Gasteiger partial charge in [0.1, 0.15) is 5.60 Å². The molecule has 104 valence electrons. The second kappa shape index (κ2) is 4.43. The summed E-state index contributed by atoms with van der Waals surface area (Å²) in [7, 11) is 0. The molecule has 0 N–H and O–H groups in total. The van der Waals surface area contributed by atoms with Gasteiger partial charge in [-0.25, -0.2) is 4.79 Å². The second-order valence-corrected chi connectivity index (χ2v) is 7.37. The summed E-state index contributed by atoms with van der Waals surface area (Å²) >= 11 is 0. The number of hydrogen-bond donors (Lipinski definition) is 0. The van der Waals surface area contributed by atoms with Crippen molar-refractivity contribution in [1.82, 2.24) is 4.90 Å². The lowest BCUT2D eigenvalue weighted by atomic mass is 9.63. The van der Waals surface area contributed by atoms with Gasteiger partial charge in [0.25, 0.3) is 0 Å². The van der Waals surface area contributed by atoms with Gasteiger partial charge in [0.05, 0.1) is 0 Å². The van der Waals surface area contributed by atoms with E-state index in [0.717, 1.165) is 31.2 Å². The molecule has 0 atom stereocenters. The van der Waals surface area contributed by atoms with Crippen LogP contribution in [0.4, 0.5) is 4.79 Å². The van der Waals surface area contributed by atoms with E-state index < -0.39 is 0 Å². The Balaban J connectivity index is 1.99. The van der Waals surface area contributed by atoms with Crippen LogP contribution in [-0.4, -0.2) is 28.7 Å². The molecule has 1 heterocycles. The van der Waals surface area contributed by atoms with Crippen molar-refractivity contribution in [3.63, 3.8) is 0 Å². The van der Waals surface area contributed by atoms with E-state index in [1.807, 2.05) is 25.7 Å². The van der Waals surface area contributed by atoms with Gasteiger partial charge >= 0.3 is 6.09 Å². The topological polar surface area (TPSA) is 29.5 Å². The molecule has 1 amide bonds. The van der Waals surface area contributed by atoms with Crippen molar-refractivity contribution in [3.05, 3.63) is 0 Å². The predicted molar refractivity (Wildman–Crippen MR) is 72.5 cm³/mol. The van der Waals surface area contributed by atoms with Gasteiger partial charge in [0.2, 0.25) is 0 Å². The Bertz CT molecular complexity index is 324. The van der Waals surface area contributed by atoms with Crippen LogP contribution in [0.3, 0.4) is 0 Å². The van der Waals surface area contributed by atoms with Crippen LogP contribution in [0.2, 0.25) is 0 Å². The Kier molecular flexibility index (Phi) is 3.37. The van der Waals surface area contributed by atoms with E-state index in [0.29, 0.717) is 0 Å². The fraction of sp³-hybridized carbons (Fsp3) is 0.933. The summed E-state index contributed by atoms with van der Waals surface area (Å²) in [5, 5.41) is 0. The quantitative estimate of drug-likeness (QED) is 0.711. The number of ether oxygens (including phenoxy) is 1. The molecule has 2 rings (SSSR count). The van der Waals surface area contributed by atoms with Gasteiger partial charge in [-0.2, -0.15) is 0 Å². The van der Waals surface area contributed by atoms with Gasteiger partial charge in [-0.15, -0.1) is 0 Å². The molecular formula is C15H27NO2. The third kappa shape index (κ3) is 2.50. The molecule has 3 nitrogen and oxygen atoms in total. The minimum Gasteiger partial charge on any atom is -0.444 e. The molecule has 0 aromatic rings. The Morgan fingerprint density at radius 1 is 1.33 bits per heavy atom. The second-order valence-electron chi connectivity index (χ2n) is 7.37. The van der Waals surface area contributed by atoms with Gasteiger partial charge in [0, 0.05) is 12.1 Å². The zero-order chi connectivity index (χ0) is 13.6. The molecule has 0 aromatic carbocycles. The highest BCUT2D eigenvalue weighted by Crippen LogP contribution is 2.51. The summed E-state index contributed by atoms with van der Waals surface area (Å²) in [4.78, 5) is 14.3. The van der Waals surface area contributed by atoms with Gasteiger partial charge < -0.3 is 9.64 Å². The molecule has 3 heteroatoms. The maximum atomic E-state index is 12.2. The molecule has 1 aliphatic carbocycles. The molecule has 1 saturated heterocycles. The molecule has 1 spiro atoms. The molecule has 18 heavy (non-hydrogen) atoms. The highest BCUT2D eigenvalue weighted by Gasteiger charge is 2.53. The van der Waals surface area contributed by atoms with Crippen LogP contribution in [0.15, 0.2) is 0 Å². The van der Waals surface area contributed by atoms with Crippen LogP contribution < -0.4 is 0 Å². The van der Waals surface area contributed by atoms with Crippen LogP contribution in [0, 0.1) is 11.8 Å². The number of carbonyl (C=O) groups excluding carboxylic acids is 1. The van der Waals surface area contributed by atoms with Crippen molar-refractivity contribution in [2.45, 2.75) is 71.4 Å². The van der Waals surface area contributed by atoms with Crippen LogP contribution >= 0.6 is 0 Å². The minimum atomic E-state index is -0.387. The molecule has 0 unspecified atom stereocenters. The van der Waals surface area contributed by atoms with Crippen LogP contribution in [0.1, 0.15) is 60.3 Å². The maximum Gasteiger partial charge on any atom is 0.410 e. The lowest BCUT2D eigenvalue weighted by Crippen LogP contribution is -2.57. The Morgan fingerprint density at radius 2 is 1.94 bits per heavy atom. The normalized spacial score (nSPS) is 31.9. The minimum absolute atomic E-state index is 0.109. The SMILES string of the molecule is CC(C)C1CC2(CCCN2C(=O)OC(C)(C)C)C1. The lowest BCUT2D eigenvalue weighted by Gasteiger charge is -2.52. The molecule has 1 saturated carbocycles. The van der Waals surface area contributed by atoms with E-state index in [1.54, 1.807) is 0 Å². The predicted octanol–water partition coefficient (Wildman–Crippen LogP) is 3.82. The van der Waals surface area contributed by atoms with E-state index in [9.17, 15) is 4.79 Å². The van der Waals surface area contributed by atoms with E-state index in [4.69, 9.17) is 4.74 Å². The first-order valence-corrected chi connectivity index (χ1v) is 7.24. The average Bonchev–Trinajstić information content (AvgIpc) is 2.55. The fourth-order valence-corrected chi connectivity index (χ4v) is 3.35. The molecule has 1 aliphatic heterocycles. The first-order valence-electron chi connectivity index (χ1n) is 7.24. The van der Waals surface area contributed by atoms with E-state index in [1.165, 1.54) is 12.8 Å². The molecule has 0 radical (unpaired) electrons. The third-order valence-corrected chi connectivity index (χ3v) is 4.44. The summed E-state index contributed by atoms with van der Waals surface area (Å²) in [5.74, 6) is 1.52. The maximum absolute atomic E-state index is 12.2. The van der Waals surface area contributed by atoms with Gasteiger partial charge in [0.15, 0.2) is 0 Å². The lowest BCUT2D eigenvalue weighted by molar-refractivity contribution is -0.0366. The van der Waals surface area contributed by atoms with Crippen molar-refractivity contribution in [1.29, 1.82) is 0 Å². The van der Waals surface area contributed by atoms with Crippen molar-refractivity contribution in [2.75, 3.05) is 6.54 Å². The van der Waals surface area contributed by atoms with Gasteiger partial charge in [-0.05, 0) is 58.3 Å². The smallest absolute Gasteiger partial charge is 0.410 e. The third-order valence-electron chi connectivity index (χ3n) is 4.44. The van der Waals surface area contributed by atoms with Crippen LogP contribution in [0.25, 0.3) is 0 Å². The molecule has 0 bridgehead atoms. The number of nitrogens with zero attached hydrogens (tertiary/aromatic N) is 1. The molecular weight excluding hydrogens is 226 g/mol. The Labute approximate surface area is 111 Å². The number of rotatable bonds is 1. The number of likely N-dealkylation sites (tertiary alicyclic amines) is 1. The summed E-state index contributed by atoms with van der Waals surface area (Å²) in [6.07, 6.45) is 4.52. The number of amides is 1. The fourth-order valence-electron chi connectivity index (χ4n) is 3.35. The number of carbonyl (C=O) groups is 1. The largest absolute Gasteiger partial charge is 0.444 e. The Hall–Kier alpha value is -0.730. The Morgan fingerprint density at radius 3 is 2.44 bits per heavy atom. The van der Waals surface area contributed by atoms with Crippen molar-refractivity contribution in [3.8, 4) is 0 Å². The highest BCUT2D eigenvalue weighted by atomic mass is 16.6. The summed E-state index contributed by atoms with van der Waals surface area (Å²) in [5.41, 5.74) is -0.251. The standard InChI is InChI=1S/C15H27NO2/c1-11(2)12-9-15(10-12)7-6-8-16(15)13(17)18-14(3,4)5/h11-12H,6-10H2,1-5H3. The highest BCUT2D eigenvalue weighted by molar-refractivity contribution is 5.70. The van der Waals surface area contributed by atoms with Crippen LogP contribution in [0.5, 0.6) is 0 Å². The van der Waals surface area contributed by atoms with Gasteiger partial charge in [-0.1, -0.05) is 13.8 Å². The number of hydrogen-bond acceptors (Lipinski definition) is 2. The van der Waals surface area contributed by atoms with Crippen molar-refractivity contribution >= 4 is 6.09 Å². The molecule has 2 aliphatic rings. The van der Waals surface area contributed by atoms with Crippen molar-refractivity contribution in [2.24, 2.45) is 11.8 Å². The van der Waals surface area contributed by atoms with Crippen LogP contribution in [-0.2, 0) is 4.74 Å². The first kappa shape index (κ1) is 13.7. The zero-order valence-corrected chi connectivity index (χ0v) is 12.5. The summed E-state index contributed by atoms with van der Waals surface area (Å²) < 4.78 is 5.54. The molecule has 0 aromatic heterocycles. The first-order chi connectivity index (χ1) is 8.23. The monoisotopic (exact) mass is 253 g/mol. The summed E-state index contributed by atoms with van der Waals surface area (Å²) in [6, 6.07) is 0. The molecule has 2 fully saturated rings. The van der Waals surface area contributed by atoms with E-state index in [2.05, 4.69) is 13.8 Å². The van der Waals surface area contributed by atoms with Crippen molar-refractivity contribution < 1.29 is 9.53 Å². The van der Waals surface area contributed by atoms with Gasteiger partial charge in [-0.3, -0.25) is 0 Å².